The molecule has 0 aliphatic heterocycles. The zero-order chi connectivity index (χ0) is 12.8. The fourth-order valence-electron chi connectivity index (χ4n) is 3.53. The van der Waals surface area contributed by atoms with E-state index in [9.17, 15) is 0 Å². The Bertz CT molecular complexity index is 640. The molecule has 1 heterocycles. The molecule has 0 saturated carbocycles. The summed E-state index contributed by atoms with van der Waals surface area (Å²) in [4.78, 5) is 0. The third-order valence-corrected chi connectivity index (χ3v) is 4.54. The maximum atomic E-state index is 6.08. The van der Waals surface area contributed by atoms with Crippen LogP contribution in [0.3, 0.4) is 0 Å². The average molecular weight is 253 g/mol. The third kappa shape index (κ3) is 1.68. The zero-order valence-electron chi connectivity index (χ0n) is 11.2. The summed E-state index contributed by atoms with van der Waals surface area (Å²) in [6.45, 7) is 0. The standard InChI is InChI=1S/C16H19N3/c17-16-14-6-1-2-7-15(14)19(18-16)13-9-8-11-4-3-5-12(11)10-13/h8-10H,1-7H2,(H2,17,18). The molecule has 1 aromatic heterocycles. The molecule has 4 rings (SSSR count). The Morgan fingerprint density at radius 1 is 0.947 bits per heavy atom. The van der Waals surface area contributed by atoms with Gasteiger partial charge in [0, 0.05) is 11.3 Å². The molecule has 0 atom stereocenters. The Labute approximate surface area is 113 Å². The van der Waals surface area contributed by atoms with Gasteiger partial charge in [0.2, 0.25) is 0 Å². The van der Waals surface area contributed by atoms with E-state index >= 15 is 0 Å². The second-order valence-electron chi connectivity index (χ2n) is 5.74. The van der Waals surface area contributed by atoms with Crippen LogP contribution in [0.1, 0.15) is 41.6 Å². The van der Waals surface area contributed by atoms with Gasteiger partial charge in [0.15, 0.2) is 0 Å². The van der Waals surface area contributed by atoms with Crippen LogP contribution in [0.2, 0.25) is 0 Å². The molecule has 0 amide bonds. The molecule has 2 aromatic rings. The molecule has 3 heteroatoms. The van der Waals surface area contributed by atoms with Crippen LogP contribution >= 0.6 is 0 Å². The number of hydrogen-bond donors (Lipinski definition) is 1. The van der Waals surface area contributed by atoms with Crippen molar-refractivity contribution in [1.82, 2.24) is 9.78 Å². The van der Waals surface area contributed by atoms with E-state index in [1.165, 1.54) is 60.2 Å². The summed E-state index contributed by atoms with van der Waals surface area (Å²) in [7, 11) is 0. The molecule has 0 bridgehead atoms. The molecule has 0 unspecified atom stereocenters. The van der Waals surface area contributed by atoms with Crippen molar-refractivity contribution in [2.45, 2.75) is 44.9 Å². The summed E-state index contributed by atoms with van der Waals surface area (Å²) in [6.07, 6.45) is 8.42. The monoisotopic (exact) mass is 253 g/mol. The van der Waals surface area contributed by atoms with E-state index in [0.717, 1.165) is 18.7 Å². The molecular weight excluding hydrogens is 234 g/mol. The zero-order valence-corrected chi connectivity index (χ0v) is 11.2. The van der Waals surface area contributed by atoms with E-state index in [0.29, 0.717) is 0 Å². The van der Waals surface area contributed by atoms with E-state index in [-0.39, 0.29) is 0 Å². The van der Waals surface area contributed by atoms with Crippen LogP contribution in [-0.4, -0.2) is 9.78 Å². The van der Waals surface area contributed by atoms with Crippen molar-refractivity contribution in [3.8, 4) is 5.69 Å². The number of nitrogen functional groups attached to an aromatic ring is 1. The number of rotatable bonds is 1. The van der Waals surface area contributed by atoms with E-state index in [4.69, 9.17) is 5.73 Å². The number of fused-ring (bicyclic) bond motifs is 2. The highest BCUT2D eigenvalue weighted by Gasteiger charge is 2.21. The first-order chi connectivity index (χ1) is 9.33. The predicted molar refractivity (Wildman–Crippen MR) is 76.6 cm³/mol. The van der Waals surface area contributed by atoms with Crippen LogP contribution in [0, 0.1) is 0 Å². The lowest BCUT2D eigenvalue weighted by Crippen LogP contribution is -2.08. The first kappa shape index (κ1) is 11.1. The van der Waals surface area contributed by atoms with E-state index in [1.54, 1.807) is 0 Å². The molecule has 19 heavy (non-hydrogen) atoms. The van der Waals surface area contributed by atoms with Crippen molar-refractivity contribution in [2.24, 2.45) is 0 Å². The minimum Gasteiger partial charge on any atom is -0.382 e. The van der Waals surface area contributed by atoms with Gasteiger partial charge in [-0.05, 0) is 68.2 Å². The number of nitrogens with two attached hydrogens (primary N) is 1. The molecular formula is C16H19N3. The molecule has 98 valence electrons. The molecule has 0 saturated heterocycles. The van der Waals surface area contributed by atoms with Gasteiger partial charge >= 0.3 is 0 Å². The van der Waals surface area contributed by atoms with Gasteiger partial charge in [0.25, 0.3) is 0 Å². The lowest BCUT2D eigenvalue weighted by molar-refractivity contribution is 0.653. The molecule has 0 spiro atoms. The number of aromatic nitrogens is 2. The Balaban J connectivity index is 1.84. The quantitative estimate of drug-likeness (QED) is 0.849. The highest BCUT2D eigenvalue weighted by molar-refractivity contribution is 5.50. The minimum atomic E-state index is 0.732. The Morgan fingerprint density at radius 2 is 1.79 bits per heavy atom. The highest BCUT2D eigenvalue weighted by atomic mass is 15.3. The summed E-state index contributed by atoms with van der Waals surface area (Å²) < 4.78 is 2.09. The SMILES string of the molecule is Nc1nn(-c2ccc3c(c2)CCC3)c2c1CCCC2. The lowest BCUT2D eigenvalue weighted by atomic mass is 9.97. The lowest BCUT2D eigenvalue weighted by Gasteiger charge is -2.14. The molecule has 1 aromatic carbocycles. The van der Waals surface area contributed by atoms with Gasteiger partial charge in [-0.3, -0.25) is 0 Å². The largest absolute Gasteiger partial charge is 0.382 e. The van der Waals surface area contributed by atoms with Gasteiger partial charge in [-0.1, -0.05) is 6.07 Å². The van der Waals surface area contributed by atoms with Crippen LogP contribution in [0.15, 0.2) is 18.2 Å². The summed E-state index contributed by atoms with van der Waals surface area (Å²) in [5.74, 6) is 0.732. The summed E-state index contributed by atoms with van der Waals surface area (Å²) in [5, 5.41) is 4.58. The predicted octanol–water partition coefficient (Wildman–Crippen LogP) is 2.82. The van der Waals surface area contributed by atoms with Crippen LogP contribution < -0.4 is 5.73 Å². The Hall–Kier alpha value is -1.77. The third-order valence-electron chi connectivity index (χ3n) is 4.54. The fraction of sp³-hybridized carbons (Fsp3) is 0.438. The molecule has 2 aliphatic carbocycles. The second kappa shape index (κ2) is 4.12. The van der Waals surface area contributed by atoms with Gasteiger partial charge in [-0.15, -0.1) is 0 Å². The highest BCUT2D eigenvalue weighted by Crippen LogP contribution is 2.30. The van der Waals surface area contributed by atoms with Gasteiger partial charge in [-0.2, -0.15) is 5.10 Å². The molecule has 3 nitrogen and oxygen atoms in total. The first-order valence-corrected chi connectivity index (χ1v) is 7.31. The van der Waals surface area contributed by atoms with Crippen molar-refractivity contribution in [3.63, 3.8) is 0 Å². The number of nitrogens with zero attached hydrogens (tertiary/aromatic N) is 2. The van der Waals surface area contributed by atoms with Gasteiger partial charge in [0.1, 0.15) is 5.82 Å². The van der Waals surface area contributed by atoms with Gasteiger partial charge in [0.05, 0.1) is 5.69 Å². The van der Waals surface area contributed by atoms with Crippen molar-refractivity contribution < 1.29 is 0 Å². The Kier molecular flexibility index (Phi) is 2.40. The van der Waals surface area contributed by atoms with Crippen molar-refractivity contribution in [2.75, 3.05) is 5.73 Å². The molecule has 0 fully saturated rings. The molecule has 2 N–H and O–H groups in total. The van der Waals surface area contributed by atoms with E-state index < -0.39 is 0 Å². The topological polar surface area (TPSA) is 43.8 Å². The average Bonchev–Trinajstić information content (AvgIpc) is 3.03. The number of hydrogen-bond acceptors (Lipinski definition) is 2. The maximum absolute atomic E-state index is 6.08. The molecule has 2 aliphatic rings. The van der Waals surface area contributed by atoms with Crippen LogP contribution in [0.4, 0.5) is 5.82 Å². The summed E-state index contributed by atoms with van der Waals surface area (Å²) in [5.41, 5.74) is 12.9. The first-order valence-electron chi connectivity index (χ1n) is 7.31. The summed E-state index contributed by atoms with van der Waals surface area (Å²) in [6, 6.07) is 6.78. The van der Waals surface area contributed by atoms with Crippen molar-refractivity contribution >= 4 is 5.82 Å². The van der Waals surface area contributed by atoms with E-state index in [2.05, 4.69) is 28.0 Å². The number of benzene rings is 1. The summed E-state index contributed by atoms with van der Waals surface area (Å²) >= 11 is 0. The van der Waals surface area contributed by atoms with E-state index in [1.807, 2.05) is 0 Å². The van der Waals surface area contributed by atoms with Crippen molar-refractivity contribution in [1.29, 1.82) is 0 Å². The van der Waals surface area contributed by atoms with Gasteiger partial charge in [-0.25, -0.2) is 4.68 Å². The smallest absolute Gasteiger partial charge is 0.149 e. The minimum absolute atomic E-state index is 0.732. The van der Waals surface area contributed by atoms with Crippen LogP contribution in [0.25, 0.3) is 5.69 Å². The van der Waals surface area contributed by atoms with Crippen LogP contribution in [-0.2, 0) is 25.7 Å². The Morgan fingerprint density at radius 3 is 2.74 bits per heavy atom. The number of anilines is 1. The van der Waals surface area contributed by atoms with Crippen LogP contribution in [0.5, 0.6) is 0 Å². The maximum Gasteiger partial charge on any atom is 0.149 e. The normalized spacial score (nSPS) is 17.3. The number of aryl methyl sites for hydroxylation is 2. The van der Waals surface area contributed by atoms with Crippen molar-refractivity contribution in [3.05, 3.63) is 40.6 Å². The molecule has 0 radical (unpaired) electrons. The second-order valence-corrected chi connectivity index (χ2v) is 5.74. The fourth-order valence-corrected chi connectivity index (χ4v) is 3.53. The van der Waals surface area contributed by atoms with Gasteiger partial charge < -0.3 is 5.73 Å².